The Bertz CT molecular complexity index is 168. The molecule has 1 unspecified atom stereocenters. The molecule has 0 aromatic heterocycles. The fourth-order valence-corrected chi connectivity index (χ4v) is 1.39. The molecule has 0 radical (unpaired) electrons. The first kappa shape index (κ1) is 7.59. The van der Waals surface area contributed by atoms with Gasteiger partial charge < -0.3 is 0 Å². The molecule has 0 aliphatic heterocycles. The molecule has 0 aromatic rings. The molecule has 1 atom stereocenters. The highest BCUT2D eigenvalue weighted by atomic mass is 14.1. The summed E-state index contributed by atoms with van der Waals surface area (Å²) in [5, 5.41) is 0. The highest BCUT2D eigenvalue weighted by Crippen LogP contribution is 2.24. The van der Waals surface area contributed by atoms with E-state index in [2.05, 4.69) is 32.9 Å². The quantitative estimate of drug-likeness (QED) is 0.448. The Morgan fingerprint density at radius 2 is 2.20 bits per heavy atom. The zero-order chi connectivity index (χ0) is 7.56. The predicted octanol–water partition coefficient (Wildman–Crippen LogP) is 3.31. The van der Waals surface area contributed by atoms with Crippen molar-refractivity contribution in [3.63, 3.8) is 0 Å². The summed E-state index contributed by atoms with van der Waals surface area (Å²) in [5.74, 6) is 0.763. The van der Waals surface area contributed by atoms with Crippen LogP contribution in [0.3, 0.4) is 0 Å². The van der Waals surface area contributed by atoms with Gasteiger partial charge in [-0.1, -0.05) is 30.2 Å². The summed E-state index contributed by atoms with van der Waals surface area (Å²) >= 11 is 0. The van der Waals surface area contributed by atoms with Gasteiger partial charge in [-0.3, -0.25) is 0 Å². The van der Waals surface area contributed by atoms with Gasteiger partial charge >= 0.3 is 0 Å². The van der Waals surface area contributed by atoms with Gasteiger partial charge in [0.25, 0.3) is 0 Å². The van der Waals surface area contributed by atoms with Gasteiger partial charge in [0.15, 0.2) is 0 Å². The van der Waals surface area contributed by atoms with Gasteiger partial charge in [-0.2, -0.15) is 0 Å². The van der Waals surface area contributed by atoms with Crippen molar-refractivity contribution in [3.05, 3.63) is 23.3 Å². The van der Waals surface area contributed by atoms with Crippen LogP contribution in [0.5, 0.6) is 0 Å². The molecule has 1 aliphatic rings. The van der Waals surface area contributed by atoms with Crippen LogP contribution in [0.25, 0.3) is 0 Å². The SMILES string of the molecule is CC(C)=C1CC=CC(C)C1. The Labute approximate surface area is 63.6 Å². The molecule has 1 aliphatic carbocycles. The molecule has 1 rings (SSSR count). The maximum absolute atomic E-state index is 2.31. The molecule has 0 heterocycles. The summed E-state index contributed by atoms with van der Waals surface area (Å²) in [7, 11) is 0. The maximum atomic E-state index is 2.31. The van der Waals surface area contributed by atoms with Crippen LogP contribution in [0.2, 0.25) is 0 Å². The van der Waals surface area contributed by atoms with Crippen molar-refractivity contribution >= 4 is 0 Å². The van der Waals surface area contributed by atoms with Crippen LogP contribution in [-0.4, -0.2) is 0 Å². The minimum absolute atomic E-state index is 0.763. The number of allylic oxidation sites excluding steroid dienone is 4. The second kappa shape index (κ2) is 3.05. The third kappa shape index (κ3) is 1.73. The van der Waals surface area contributed by atoms with Crippen molar-refractivity contribution in [2.45, 2.75) is 33.6 Å². The summed E-state index contributed by atoms with van der Waals surface area (Å²) in [6.45, 7) is 6.70. The minimum atomic E-state index is 0.763. The lowest BCUT2D eigenvalue weighted by atomic mass is 9.90. The lowest BCUT2D eigenvalue weighted by Crippen LogP contribution is -1.99. The van der Waals surface area contributed by atoms with Gasteiger partial charge in [-0.05, 0) is 32.6 Å². The summed E-state index contributed by atoms with van der Waals surface area (Å²) in [6, 6.07) is 0. The lowest BCUT2D eigenvalue weighted by molar-refractivity contribution is 0.675. The largest absolute Gasteiger partial charge is 0.0851 e. The van der Waals surface area contributed by atoms with Crippen LogP contribution >= 0.6 is 0 Å². The van der Waals surface area contributed by atoms with Crippen molar-refractivity contribution in [2.75, 3.05) is 0 Å². The first-order valence-corrected chi connectivity index (χ1v) is 4.02. The summed E-state index contributed by atoms with van der Waals surface area (Å²) < 4.78 is 0. The van der Waals surface area contributed by atoms with Crippen molar-refractivity contribution in [2.24, 2.45) is 5.92 Å². The van der Waals surface area contributed by atoms with Crippen LogP contribution in [0.1, 0.15) is 33.6 Å². The van der Waals surface area contributed by atoms with Gasteiger partial charge in [0, 0.05) is 0 Å². The van der Waals surface area contributed by atoms with Gasteiger partial charge in [0.2, 0.25) is 0 Å². The van der Waals surface area contributed by atoms with Gasteiger partial charge in [-0.25, -0.2) is 0 Å². The molecule has 0 bridgehead atoms. The lowest BCUT2D eigenvalue weighted by Gasteiger charge is -2.16. The molecule has 10 heavy (non-hydrogen) atoms. The molecule has 0 saturated carbocycles. The van der Waals surface area contributed by atoms with E-state index >= 15 is 0 Å². The Morgan fingerprint density at radius 1 is 1.50 bits per heavy atom. The third-order valence-corrected chi connectivity index (χ3v) is 2.10. The molecule has 0 aromatic carbocycles. The molecule has 0 saturated heterocycles. The van der Waals surface area contributed by atoms with Gasteiger partial charge in [0.1, 0.15) is 0 Å². The maximum Gasteiger partial charge on any atom is -0.0136 e. The van der Waals surface area contributed by atoms with E-state index in [-0.39, 0.29) is 0 Å². The summed E-state index contributed by atoms with van der Waals surface area (Å²) in [5.41, 5.74) is 3.14. The molecule has 56 valence electrons. The Balaban J connectivity index is 2.70. The van der Waals surface area contributed by atoms with E-state index in [9.17, 15) is 0 Å². The zero-order valence-electron chi connectivity index (χ0n) is 7.15. The molecule has 0 spiro atoms. The average molecular weight is 136 g/mol. The molecule has 0 N–H and O–H groups in total. The highest BCUT2D eigenvalue weighted by molar-refractivity contribution is 5.18. The van der Waals surface area contributed by atoms with Gasteiger partial charge in [-0.15, -0.1) is 0 Å². The van der Waals surface area contributed by atoms with Crippen LogP contribution in [0, 0.1) is 5.92 Å². The topological polar surface area (TPSA) is 0 Å². The number of hydrogen-bond acceptors (Lipinski definition) is 0. The molecule has 0 heteroatoms. The van der Waals surface area contributed by atoms with E-state index in [4.69, 9.17) is 0 Å². The Kier molecular flexibility index (Phi) is 2.31. The van der Waals surface area contributed by atoms with E-state index in [0.717, 1.165) is 5.92 Å². The van der Waals surface area contributed by atoms with E-state index < -0.39 is 0 Å². The van der Waals surface area contributed by atoms with Crippen molar-refractivity contribution < 1.29 is 0 Å². The first-order chi connectivity index (χ1) is 4.70. The van der Waals surface area contributed by atoms with Crippen LogP contribution in [-0.2, 0) is 0 Å². The van der Waals surface area contributed by atoms with Crippen LogP contribution in [0.15, 0.2) is 23.3 Å². The fraction of sp³-hybridized carbons (Fsp3) is 0.600. The van der Waals surface area contributed by atoms with E-state index in [1.54, 1.807) is 5.57 Å². The molecular weight excluding hydrogens is 120 g/mol. The zero-order valence-corrected chi connectivity index (χ0v) is 7.15. The van der Waals surface area contributed by atoms with Crippen LogP contribution in [0.4, 0.5) is 0 Å². The molecular formula is C10H16. The highest BCUT2D eigenvalue weighted by Gasteiger charge is 2.07. The second-order valence-electron chi connectivity index (χ2n) is 3.42. The third-order valence-electron chi connectivity index (χ3n) is 2.10. The molecule has 0 amide bonds. The van der Waals surface area contributed by atoms with Crippen molar-refractivity contribution in [1.29, 1.82) is 0 Å². The summed E-state index contributed by atoms with van der Waals surface area (Å²) in [6.07, 6.45) is 7.06. The molecule has 0 fully saturated rings. The smallest absolute Gasteiger partial charge is 0.0136 e. The normalized spacial score (nSPS) is 25.1. The molecule has 0 nitrogen and oxygen atoms in total. The minimum Gasteiger partial charge on any atom is -0.0851 e. The average Bonchev–Trinajstić information content (AvgIpc) is 1.88. The van der Waals surface area contributed by atoms with Crippen molar-refractivity contribution in [3.8, 4) is 0 Å². The number of hydrogen-bond donors (Lipinski definition) is 0. The second-order valence-corrected chi connectivity index (χ2v) is 3.42. The number of rotatable bonds is 0. The van der Waals surface area contributed by atoms with E-state index in [1.807, 2.05) is 0 Å². The van der Waals surface area contributed by atoms with Crippen LogP contribution < -0.4 is 0 Å². The van der Waals surface area contributed by atoms with Gasteiger partial charge in [0.05, 0.1) is 0 Å². The van der Waals surface area contributed by atoms with Crippen molar-refractivity contribution in [1.82, 2.24) is 0 Å². The Morgan fingerprint density at radius 3 is 2.60 bits per heavy atom. The predicted molar refractivity (Wildman–Crippen MR) is 45.9 cm³/mol. The fourth-order valence-electron chi connectivity index (χ4n) is 1.39. The van der Waals surface area contributed by atoms with E-state index in [0.29, 0.717) is 0 Å². The standard InChI is InChI=1S/C10H16/c1-8(2)10-6-4-5-9(3)7-10/h4-5,9H,6-7H2,1-3H3. The first-order valence-electron chi connectivity index (χ1n) is 4.02. The van der Waals surface area contributed by atoms with E-state index in [1.165, 1.54) is 18.4 Å². The monoisotopic (exact) mass is 136 g/mol. The summed E-state index contributed by atoms with van der Waals surface area (Å²) in [4.78, 5) is 0. The Hall–Kier alpha value is -0.520.